The summed E-state index contributed by atoms with van der Waals surface area (Å²) in [6, 6.07) is 5.49. The predicted octanol–water partition coefficient (Wildman–Crippen LogP) is 1.50. The number of hydrogen-bond donors (Lipinski definition) is 3. The van der Waals surface area contributed by atoms with E-state index in [1.807, 2.05) is 26.0 Å². The number of allylic oxidation sites excluding steroid dienone is 2. The average molecular weight is 346 g/mol. The van der Waals surface area contributed by atoms with E-state index in [9.17, 15) is 14.4 Å². The van der Waals surface area contributed by atoms with E-state index in [2.05, 4.69) is 10.9 Å². The Morgan fingerprint density at radius 3 is 2.40 bits per heavy atom. The lowest BCUT2D eigenvalue weighted by Gasteiger charge is -2.24. The quantitative estimate of drug-likeness (QED) is 0.553. The molecule has 0 saturated heterocycles. The minimum Gasteiger partial charge on any atom is -0.484 e. The van der Waals surface area contributed by atoms with Crippen molar-refractivity contribution in [3.63, 3.8) is 0 Å². The molecule has 0 heterocycles. The van der Waals surface area contributed by atoms with Gasteiger partial charge in [0, 0.05) is 0 Å². The molecule has 0 aliphatic heterocycles. The molecular weight excluding hydrogens is 324 g/mol. The minimum absolute atomic E-state index is 0.254. The maximum Gasteiger partial charge on any atom is 0.307 e. The van der Waals surface area contributed by atoms with Crippen LogP contribution in [0.4, 0.5) is 0 Å². The van der Waals surface area contributed by atoms with Crippen molar-refractivity contribution in [1.82, 2.24) is 10.9 Å². The van der Waals surface area contributed by atoms with Crippen molar-refractivity contribution in [3.8, 4) is 5.75 Å². The average Bonchev–Trinajstić information content (AvgIpc) is 2.60. The Balaban J connectivity index is 1.80. The highest BCUT2D eigenvalue weighted by Crippen LogP contribution is 2.25. The molecule has 0 fully saturated rings. The van der Waals surface area contributed by atoms with E-state index < -0.39 is 29.6 Å². The molecule has 0 unspecified atom stereocenters. The summed E-state index contributed by atoms with van der Waals surface area (Å²) >= 11 is 0. The van der Waals surface area contributed by atoms with Crippen molar-refractivity contribution in [2.75, 3.05) is 6.61 Å². The third kappa shape index (κ3) is 5.07. The van der Waals surface area contributed by atoms with Crippen molar-refractivity contribution < 1.29 is 24.2 Å². The van der Waals surface area contributed by atoms with Gasteiger partial charge < -0.3 is 9.84 Å². The zero-order valence-electron chi connectivity index (χ0n) is 14.2. The molecule has 1 aromatic carbocycles. The Bertz CT molecular complexity index is 699. The van der Waals surface area contributed by atoms with E-state index in [4.69, 9.17) is 9.84 Å². The number of aliphatic carboxylic acids is 1. The van der Waals surface area contributed by atoms with Gasteiger partial charge in [-0.15, -0.1) is 0 Å². The highest BCUT2D eigenvalue weighted by atomic mass is 16.5. The molecule has 0 saturated carbocycles. The van der Waals surface area contributed by atoms with Gasteiger partial charge in [-0.25, -0.2) is 0 Å². The van der Waals surface area contributed by atoms with E-state index in [1.165, 1.54) is 0 Å². The molecule has 0 bridgehead atoms. The molecule has 7 nitrogen and oxygen atoms in total. The lowest BCUT2D eigenvalue weighted by atomic mass is 9.82. The molecule has 2 amide bonds. The molecule has 0 spiro atoms. The van der Waals surface area contributed by atoms with Crippen LogP contribution in [0.3, 0.4) is 0 Å². The maximum atomic E-state index is 12.1. The summed E-state index contributed by atoms with van der Waals surface area (Å²) in [4.78, 5) is 35.1. The molecule has 2 rings (SSSR count). The van der Waals surface area contributed by atoms with E-state index in [1.54, 1.807) is 18.2 Å². The summed E-state index contributed by atoms with van der Waals surface area (Å²) in [5, 5.41) is 9.17. The second-order valence-electron chi connectivity index (χ2n) is 6.07. The number of rotatable bonds is 5. The topological polar surface area (TPSA) is 105 Å². The number of amides is 2. The van der Waals surface area contributed by atoms with Gasteiger partial charge in [0.1, 0.15) is 5.75 Å². The van der Waals surface area contributed by atoms with Crippen molar-refractivity contribution in [2.45, 2.75) is 26.7 Å². The number of aryl methyl sites for hydroxylation is 2. The monoisotopic (exact) mass is 346 g/mol. The fourth-order valence-corrected chi connectivity index (χ4v) is 2.59. The van der Waals surface area contributed by atoms with Crippen LogP contribution >= 0.6 is 0 Å². The first kappa shape index (κ1) is 18.5. The predicted molar refractivity (Wildman–Crippen MR) is 90.7 cm³/mol. The van der Waals surface area contributed by atoms with Crippen LogP contribution in [0.1, 0.15) is 24.0 Å². The standard InChI is InChI=1S/C18H22N2O5/c1-11-7-8-13(9-12(11)2)25-10-16(21)19-20-17(22)14-5-3-4-6-15(14)18(23)24/h3-4,7-9,14-15H,5-6,10H2,1-2H3,(H,19,21)(H,20,22)(H,23,24)/t14-,15-/m0/s1. The van der Waals surface area contributed by atoms with Crippen LogP contribution in [0.2, 0.25) is 0 Å². The molecule has 0 radical (unpaired) electrons. The van der Waals surface area contributed by atoms with E-state index in [0.717, 1.165) is 11.1 Å². The van der Waals surface area contributed by atoms with Gasteiger partial charge >= 0.3 is 5.97 Å². The van der Waals surface area contributed by atoms with Gasteiger partial charge in [-0.05, 0) is 49.9 Å². The van der Waals surface area contributed by atoms with Crippen molar-refractivity contribution in [3.05, 3.63) is 41.5 Å². The lowest BCUT2D eigenvalue weighted by molar-refractivity contribution is -0.147. The third-order valence-electron chi connectivity index (χ3n) is 4.26. The summed E-state index contributed by atoms with van der Waals surface area (Å²) in [5.74, 6) is -2.99. The van der Waals surface area contributed by atoms with Gasteiger partial charge in [-0.1, -0.05) is 18.2 Å². The van der Waals surface area contributed by atoms with Crippen LogP contribution in [-0.2, 0) is 14.4 Å². The fourth-order valence-electron chi connectivity index (χ4n) is 2.59. The first-order valence-electron chi connectivity index (χ1n) is 8.05. The number of hydrogen-bond acceptors (Lipinski definition) is 4. The van der Waals surface area contributed by atoms with E-state index >= 15 is 0 Å². The second-order valence-corrected chi connectivity index (χ2v) is 6.07. The maximum absolute atomic E-state index is 12.1. The molecule has 7 heteroatoms. The fraction of sp³-hybridized carbons (Fsp3) is 0.389. The second kappa shape index (κ2) is 8.32. The highest BCUT2D eigenvalue weighted by Gasteiger charge is 2.34. The van der Waals surface area contributed by atoms with Crippen LogP contribution in [0.15, 0.2) is 30.4 Å². The highest BCUT2D eigenvalue weighted by molar-refractivity contribution is 5.87. The van der Waals surface area contributed by atoms with Gasteiger partial charge in [0.2, 0.25) is 5.91 Å². The van der Waals surface area contributed by atoms with Gasteiger partial charge in [0.15, 0.2) is 6.61 Å². The Kier molecular flexibility index (Phi) is 6.16. The number of carboxylic acids is 1. The first-order valence-corrected chi connectivity index (χ1v) is 8.05. The van der Waals surface area contributed by atoms with Crippen LogP contribution in [0, 0.1) is 25.7 Å². The summed E-state index contributed by atoms with van der Waals surface area (Å²) in [7, 11) is 0. The van der Waals surface area contributed by atoms with Crippen LogP contribution in [0.5, 0.6) is 5.75 Å². The van der Waals surface area contributed by atoms with Gasteiger partial charge in [-0.2, -0.15) is 0 Å². The number of benzene rings is 1. The number of carboxylic acid groups (broad SMARTS) is 1. The smallest absolute Gasteiger partial charge is 0.307 e. The van der Waals surface area contributed by atoms with Crippen LogP contribution in [0.25, 0.3) is 0 Å². The first-order chi connectivity index (χ1) is 11.9. The molecule has 2 atom stereocenters. The number of ether oxygens (including phenoxy) is 1. The molecule has 1 aliphatic rings. The van der Waals surface area contributed by atoms with Crippen molar-refractivity contribution >= 4 is 17.8 Å². The summed E-state index contributed by atoms with van der Waals surface area (Å²) in [6.07, 6.45) is 4.15. The SMILES string of the molecule is Cc1ccc(OCC(=O)NNC(=O)[C@H]2CC=CC[C@@H]2C(=O)O)cc1C. The van der Waals surface area contributed by atoms with Crippen LogP contribution < -0.4 is 15.6 Å². The minimum atomic E-state index is -1.02. The Hall–Kier alpha value is -2.83. The number of nitrogens with one attached hydrogen (secondary N) is 2. The molecule has 25 heavy (non-hydrogen) atoms. The normalized spacial score (nSPS) is 19.1. The number of carbonyl (C=O) groups excluding carboxylic acids is 2. The van der Waals surface area contributed by atoms with Crippen LogP contribution in [-0.4, -0.2) is 29.5 Å². The third-order valence-corrected chi connectivity index (χ3v) is 4.26. The summed E-state index contributed by atoms with van der Waals surface area (Å²) < 4.78 is 5.37. The Labute approximate surface area is 146 Å². The largest absolute Gasteiger partial charge is 0.484 e. The molecule has 0 aromatic heterocycles. The van der Waals surface area contributed by atoms with Gasteiger partial charge in [0.25, 0.3) is 5.91 Å². The molecule has 134 valence electrons. The number of hydrazine groups is 1. The Morgan fingerprint density at radius 1 is 1.08 bits per heavy atom. The Morgan fingerprint density at radius 2 is 1.76 bits per heavy atom. The summed E-state index contributed by atoms with van der Waals surface area (Å²) in [6.45, 7) is 3.67. The molecular formula is C18H22N2O5. The lowest BCUT2D eigenvalue weighted by Crippen LogP contribution is -2.48. The van der Waals surface area contributed by atoms with Crippen molar-refractivity contribution in [1.29, 1.82) is 0 Å². The summed E-state index contributed by atoms with van der Waals surface area (Å²) in [5.41, 5.74) is 6.71. The van der Waals surface area contributed by atoms with Gasteiger partial charge in [-0.3, -0.25) is 25.2 Å². The molecule has 3 N–H and O–H groups in total. The van der Waals surface area contributed by atoms with Gasteiger partial charge in [0.05, 0.1) is 11.8 Å². The molecule has 1 aliphatic carbocycles. The number of carbonyl (C=O) groups is 3. The molecule has 1 aromatic rings. The van der Waals surface area contributed by atoms with Crippen molar-refractivity contribution in [2.24, 2.45) is 11.8 Å². The van der Waals surface area contributed by atoms with E-state index in [-0.39, 0.29) is 6.61 Å². The zero-order valence-corrected chi connectivity index (χ0v) is 14.2. The van der Waals surface area contributed by atoms with E-state index in [0.29, 0.717) is 18.6 Å². The zero-order chi connectivity index (χ0) is 18.4.